The molecule has 3 rings (SSSR count). The number of halogens is 1. The molecule has 1 heterocycles. The van der Waals surface area contributed by atoms with Crippen LogP contribution in [0.1, 0.15) is 31.2 Å². The third-order valence-electron chi connectivity index (χ3n) is 4.51. The molecule has 1 aromatic rings. The minimum atomic E-state index is -0.000445. The minimum Gasteiger partial charge on any atom is -0.356 e. The molecule has 1 saturated carbocycles. The van der Waals surface area contributed by atoms with E-state index in [9.17, 15) is 4.79 Å². The van der Waals surface area contributed by atoms with Crippen LogP contribution < -0.4 is 16.0 Å². The lowest BCUT2D eigenvalue weighted by Gasteiger charge is -2.17. The van der Waals surface area contributed by atoms with Crippen molar-refractivity contribution in [2.45, 2.75) is 32.2 Å². The number of carbonyl (C=O) groups excluding carboxylic acids is 1. The molecule has 1 aliphatic carbocycles. The number of rotatable bonds is 5. The van der Waals surface area contributed by atoms with Gasteiger partial charge in [-0.05, 0) is 49.3 Å². The van der Waals surface area contributed by atoms with E-state index >= 15 is 0 Å². The van der Waals surface area contributed by atoms with Gasteiger partial charge >= 0.3 is 6.03 Å². The van der Waals surface area contributed by atoms with Crippen LogP contribution in [0.3, 0.4) is 0 Å². The molecule has 0 bridgehead atoms. The van der Waals surface area contributed by atoms with Crippen molar-refractivity contribution in [2.75, 3.05) is 32.0 Å². The van der Waals surface area contributed by atoms with Gasteiger partial charge in [0.05, 0.1) is 0 Å². The third-order valence-corrected chi connectivity index (χ3v) is 4.51. The van der Waals surface area contributed by atoms with Gasteiger partial charge in [-0.2, -0.15) is 0 Å². The van der Waals surface area contributed by atoms with Gasteiger partial charge in [0.15, 0.2) is 5.96 Å². The molecule has 1 saturated heterocycles. The number of benzene rings is 1. The molecular formula is C18H28IN5O. The Bertz CT molecular complexity index is 597. The molecule has 6 nitrogen and oxygen atoms in total. The van der Waals surface area contributed by atoms with Crippen molar-refractivity contribution in [3.63, 3.8) is 0 Å². The molecule has 2 fully saturated rings. The second-order valence-electron chi connectivity index (χ2n) is 6.57. The van der Waals surface area contributed by atoms with Gasteiger partial charge in [-0.15, -0.1) is 24.0 Å². The summed E-state index contributed by atoms with van der Waals surface area (Å²) in [4.78, 5) is 18.3. The number of nitrogens with one attached hydrogen (secondary N) is 3. The van der Waals surface area contributed by atoms with Crippen LogP contribution in [-0.4, -0.2) is 43.6 Å². The molecule has 1 aliphatic heterocycles. The number of likely N-dealkylation sites (tertiary alicyclic amines) is 1. The molecule has 7 heteroatoms. The van der Waals surface area contributed by atoms with Gasteiger partial charge in [-0.1, -0.05) is 12.1 Å². The van der Waals surface area contributed by atoms with Gasteiger partial charge in [-0.3, -0.25) is 4.99 Å². The monoisotopic (exact) mass is 457 g/mol. The van der Waals surface area contributed by atoms with Crippen LogP contribution in [0.4, 0.5) is 10.5 Å². The Labute approximate surface area is 166 Å². The lowest BCUT2D eigenvalue weighted by molar-refractivity contribution is 0.222. The van der Waals surface area contributed by atoms with E-state index in [1.165, 1.54) is 12.8 Å². The minimum absolute atomic E-state index is 0. The Kier molecular flexibility index (Phi) is 7.80. The fourth-order valence-electron chi connectivity index (χ4n) is 2.85. The van der Waals surface area contributed by atoms with Crippen molar-refractivity contribution < 1.29 is 4.79 Å². The van der Waals surface area contributed by atoms with Crippen molar-refractivity contribution in [2.24, 2.45) is 10.9 Å². The van der Waals surface area contributed by atoms with Crippen LogP contribution in [0.25, 0.3) is 0 Å². The predicted molar refractivity (Wildman–Crippen MR) is 113 cm³/mol. The van der Waals surface area contributed by atoms with Crippen LogP contribution in [0.15, 0.2) is 29.3 Å². The van der Waals surface area contributed by atoms with Crippen LogP contribution in [0, 0.1) is 5.92 Å². The Hall–Kier alpha value is -1.51. The first-order valence-corrected chi connectivity index (χ1v) is 8.84. The maximum atomic E-state index is 12.2. The van der Waals surface area contributed by atoms with Crippen LogP contribution in [-0.2, 0) is 6.54 Å². The van der Waals surface area contributed by atoms with E-state index < -0.39 is 0 Å². The average molecular weight is 457 g/mol. The van der Waals surface area contributed by atoms with E-state index in [1.54, 1.807) is 7.05 Å². The summed E-state index contributed by atoms with van der Waals surface area (Å²) in [6, 6.07) is 7.95. The zero-order valence-corrected chi connectivity index (χ0v) is 17.1. The van der Waals surface area contributed by atoms with E-state index in [0.717, 1.165) is 55.6 Å². The predicted octanol–water partition coefficient (Wildman–Crippen LogP) is 3.01. The fourth-order valence-corrected chi connectivity index (χ4v) is 2.85. The van der Waals surface area contributed by atoms with E-state index in [0.29, 0.717) is 6.54 Å². The number of aliphatic imine (C=N–C) groups is 1. The van der Waals surface area contributed by atoms with Gasteiger partial charge in [0.25, 0.3) is 0 Å². The number of hydrogen-bond acceptors (Lipinski definition) is 2. The van der Waals surface area contributed by atoms with E-state index in [2.05, 4.69) is 20.9 Å². The van der Waals surface area contributed by atoms with E-state index in [4.69, 9.17) is 0 Å². The molecular weight excluding hydrogens is 429 g/mol. The highest BCUT2D eigenvalue weighted by atomic mass is 127. The van der Waals surface area contributed by atoms with Crippen LogP contribution in [0.5, 0.6) is 0 Å². The maximum Gasteiger partial charge on any atom is 0.321 e. The molecule has 2 amide bonds. The topological polar surface area (TPSA) is 68.8 Å². The second-order valence-corrected chi connectivity index (χ2v) is 6.57. The zero-order valence-electron chi connectivity index (χ0n) is 14.8. The third kappa shape index (κ3) is 6.37. The van der Waals surface area contributed by atoms with Gasteiger partial charge in [0.1, 0.15) is 0 Å². The van der Waals surface area contributed by atoms with Crippen LogP contribution in [0.2, 0.25) is 0 Å². The molecule has 0 radical (unpaired) electrons. The molecule has 138 valence electrons. The van der Waals surface area contributed by atoms with Gasteiger partial charge in [0.2, 0.25) is 0 Å². The lowest BCUT2D eigenvalue weighted by Crippen LogP contribution is -2.37. The summed E-state index contributed by atoms with van der Waals surface area (Å²) in [5.41, 5.74) is 1.95. The average Bonchev–Trinajstić information content (AvgIpc) is 3.25. The van der Waals surface area contributed by atoms with Crippen molar-refractivity contribution in [1.82, 2.24) is 15.5 Å². The smallest absolute Gasteiger partial charge is 0.321 e. The summed E-state index contributed by atoms with van der Waals surface area (Å²) >= 11 is 0. The van der Waals surface area contributed by atoms with Crippen molar-refractivity contribution in [3.05, 3.63) is 29.8 Å². The van der Waals surface area contributed by atoms with E-state index in [-0.39, 0.29) is 30.0 Å². The first kappa shape index (κ1) is 19.8. The number of hydrogen-bond donors (Lipinski definition) is 3. The normalized spacial score (nSPS) is 17.0. The molecule has 0 unspecified atom stereocenters. The number of nitrogens with zero attached hydrogens (tertiary/aromatic N) is 2. The standard InChI is InChI=1S/C18H27N5O.HI/c1-19-17(20-12-14-7-8-14)21-13-15-5-4-6-16(11-15)22-18(24)23-9-2-3-10-23;/h4-6,11,14H,2-3,7-10,12-13H2,1H3,(H,22,24)(H2,19,20,21);1H. The van der Waals surface area contributed by atoms with Gasteiger partial charge in [0, 0.05) is 38.9 Å². The first-order chi connectivity index (χ1) is 11.7. The second kappa shape index (κ2) is 9.84. The Morgan fingerprint density at radius 3 is 2.68 bits per heavy atom. The van der Waals surface area contributed by atoms with Crippen LogP contribution >= 0.6 is 24.0 Å². The molecule has 0 atom stereocenters. The van der Waals surface area contributed by atoms with Crippen molar-refractivity contribution in [1.29, 1.82) is 0 Å². The highest BCUT2D eigenvalue weighted by Gasteiger charge is 2.21. The lowest BCUT2D eigenvalue weighted by atomic mass is 10.2. The number of urea groups is 1. The molecule has 2 aliphatic rings. The fraction of sp³-hybridized carbons (Fsp3) is 0.556. The SMILES string of the molecule is CN=C(NCc1cccc(NC(=O)N2CCCC2)c1)NCC1CC1.I. The largest absolute Gasteiger partial charge is 0.356 e. The number of carbonyl (C=O) groups is 1. The number of anilines is 1. The van der Waals surface area contributed by atoms with Gasteiger partial charge < -0.3 is 20.9 Å². The number of guanidine groups is 1. The van der Waals surface area contributed by atoms with Crippen molar-refractivity contribution in [3.8, 4) is 0 Å². The summed E-state index contributed by atoms with van der Waals surface area (Å²) < 4.78 is 0. The maximum absolute atomic E-state index is 12.2. The summed E-state index contributed by atoms with van der Waals surface area (Å²) in [7, 11) is 1.79. The summed E-state index contributed by atoms with van der Waals surface area (Å²) in [5, 5.41) is 9.66. The summed E-state index contributed by atoms with van der Waals surface area (Å²) in [6.07, 6.45) is 4.85. The molecule has 0 aromatic heterocycles. The highest BCUT2D eigenvalue weighted by molar-refractivity contribution is 14.0. The summed E-state index contributed by atoms with van der Waals surface area (Å²) in [6.45, 7) is 3.38. The molecule has 1 aromatic carbocycles. The quantitative estimate of drug-likeness (QED) is 0.362. The van der Waals surface area contributed by atoms with Crippen molar-refractivity contribution >= 4 is 41.7 Å². The molecule has 0 spiro atoms. The van der Waals surface area contributed by atoms with Gasteiger partial charge in [-0.25, -0.2) is 4.79 Å². The zero-order chi connectivity index (χ0) is 16.8. The molecule has 25 heavy (non-hydrogen) atoms. The Morgan fingerprint density at radius 1 is 1.24 bits per heavy atom. The first-order valence-electron chi connectivity index (χ1n) is 8.84. The Balaban J connectivity index is 0.00000225. The number of amides is 2. The molecule has 3 N–H and O–H groups in total. The summed E-state index contributed by atoms with van der Waals surface area (Å²) in [5.74, 6) is 1.64. The Morgan fingerprint density at radius 2 is 2.00 bits per heavy atom. The highest BCUT2D eigenvalue weighted by Crippen LogP contribution is 2.27. The van der Waals surface area contributed by atoms with E-state index in [1.807, 2.05) is 29.2 Å².